The third-order valence-corrected chi connectivity index (χ3v) is 3.55. The normalized spacial score (nSPS) is 14.4. The molecule has 1 amide bonds. The number of carboxylic acid groups (broad SMARTS) is 1. The van der Waals surface area contributed by atoms with Crippen LogP contribution in [-0.2, 0) is 15.8 Å². The summed E-state index contributed by atoms with van der Waals surface area (Å²) in [6, 6.07) is 3.62. The number of amides is 1. The lowest BCUT2D eigenvalue weighted by atomic mass is 9.95. The fraction of sp³-hybridized carbons (Fsp3) is 0.500. The number of carboxylic acids is 1. The first-order chi connectivity index (χ1) is 10.5. The molecule has 4 nitrogen and oxygen atoms in total. The first-order valence-corrected chi connectivity index (χ1v) is 7.21. The zero-order valence-electron chi connectivity index (χ0n) is 13.1. The van der Waals surface area contributed by atoms with E-state index >= 15 is 0 Å². The molecule has 0 aromatic heterocycles. The summed E-state index contributed by atoms with van der Waals surface area (Å²) in [5, 5.41) is 11.5. The second kappa shape index (κ2) is 7.48. The molecule has 1 aromatic carbocycles. The van der Waals surface area contributed by atoms with Gasteiger partial charge in [-0.2, -0.15) is 13.2 Å². The second-order valence-electron chi connectivity index (χ2n) is 5.85. The average Bonchev–Trinajstić information content (AvgIpc) is 2.43. The summed E-state index contributed by atoms with van der Waals surface area (Å²) in [7, 11) is 0. The molecule has 1 rings (SSSR count). The summed E-state index contributed by atoms with van der Waals surface area (Å²) >= 11 is 0. The molecule has 0 radical (unpaired) electrons. The molecular weight excluding hydrogens is 311 g/mol. The number of hydrogen-bond donors (Lipinski definition) is 2. The number of nitrogens with one attached hydrogen (secondary N) is 1. The molecule has 2 atom stereocenters. The van der Waals surface area contributed by atoms with Crippen molar-refractivity contribution in [3.8, 4) is 0 Å². The van der Waals surface area contributed by atoms with Crippen molar-refractivity contribution >= 4 is 11.9 Å². The van der Waals surface area contributed by atoms with Crippen LogP contribution >= 0.6 is 0 Å². The van der Waals surface area contributed by atoms with Gasteiger partial charge in [-0.15, -0.1) is 0 Å². The molecule has 1 aromatic rings. The Morgan fingerprint density at radius 2 is 1.65 bits per heavy atom. The lowest BCUT2D eigenvalue weighted by Crippen LogP contribution is -2.44. The zero-order chi connectivity index (χ0) is 17.8. The highest BCUT2D eigenvalue weighted by atomic mass is 19.4. The fourth-order valence-electron chi connectivity index (χ4n) is 2.14. The minimum atomic E-state index is -4.40. The van der Waals surface area contributed by atoms with Crippen molar-refractivity contribution in [2.24, 2.45) is 5.92 Å². The van der Waals surface area contributed by atoms with Crippen LogP contribution in [0, 0.1) is 5.92 Å². The second-order valence-corrected chi connectivity index (χ2v) is 5.85. The molecule has 0 aliphatic carbocycles. The number of carbonyl (C=O) groups is 2. The molecule has 0 saturated carbocycles. The van der Waals surface area contributed by atoms with Crippen molar-refractivity contribution in [3.63, 3.8) is 0 Å². The summed E-state index contributed by atoms with van der Waals surface area (Å²) in [4.78, 5) is 23.0. The van der Waals surface area contributed by atoms with Crippen LogP contribution in [0.1, 0.15) is 44.2 Å². The standard InChI is InChI=1S/C16H20F3NO3/c1-9(2)14(15(22)23)20-13(21)8-10(3)11-4-6-12(7-5-11)16(17,18)19/h4-7,9-10,14H,8H2,1-3H3,(H,20,21)(H,22,23)/t10?,14-/m0/s1. The quantitative estimate of drug-likeness (QED) is 0.839. The highest BCUT2D eigenvalue weighted by Gasteiger charge is 2.30. The number of rotatable bonds is 6. The number of benzene rings is 1. The maximum absolute atomic E-state index is 12.5. The van der Waals surface area contributed by atoms with Gasteiger partial charge in [-0.1, -0.05) is 32.9 Å². The molecule has 0 fully saturated rings. The van der Waals surface area contributed by atoms with Gasteiger partial charge in [-0.25, -0.2) is 4.79 Å². The first-order valence-electron chi connectivity index (χ1n) is 7.21. The highest BCUT2D eigenvalue weighted by Crippen LogP contribution is 2.30. The lowest BCUT2D eigenvalue weighted by Gasteiger charge is -2.19. The number of hydrogen-bond acceptors (Lipinski definition) is 2. The van der Waals surface area contributed by atoms with E-state index in [1.165, 1.54) is 12.1 Å². The van der Waals surface area contributed by atoms with Gasteiger partial charge >= 0.3 is 12.1 Å². The van der Waals surface area contributed by atoms with Crippen molar-refractivity contribution in [1.29, 1.82) is 0 Å². The molecule has 128 valence electrons. The van der Waals surface area contributed by atoms with Crippen LogP contribution in [0.3, 0.4) is 0 Å². The van der Waals surface area contributed by atoms with Crippen LogP contribution in [-0.4, -0.2) is 23.0 Å². The van der Waals surface area contributed by atoms with Crippen LogP contribution in [0.25, 0.3) is 0 Å². The predicted octanol–water partition coefficient (Wildman–Crippen LogP) is 3.42. The van der Waals surface area contributed by atoms with E-state index in [2.05, 4.69) is 5.32 Å². The summed E-state index contributed by atoms with van der Waals surface area (Å²) in [6.07, 6.45) is -4.40. The summed E-state index contributed by atoms with van der Waals surface area (Å²) < 4.78 is 37.5. The number of carbonyl (C=O) groups excluding carboxylic acids is 1. The molecule has 0 spiro atoms. The average molecular weight is 331 g/mol. The minimum Gasteiger partial charge on any atom is -0.480 e. The van der Waals surface area contributed by atoms with Crippen LogP contribution in [0.2, 0.25) is 0 Å². The number of halogens is 3. The highest BCUT2D eigenvalue weighted by molar-refractivity contribution is 5.84. The fourth-order valence-corrected chi connectivity index (χ4v) is 2.14. The van der Waals surface area contributed by atoms with Crippen molar-refractivity contribution in [1.82, 2.24) is 5.32 Å². The smallest absolute Gasteiger partial charge is 0.416 e. The van der Waals surface area contributed by atoms with E-state index in [0.717, 1.165) is 12.1 Å². The molecule has 1 unspecified atom stereocenters. The van der Waals surface area contributed by atoms with E-state index in [0.29, 0.717) is 5.56 Å². The maximum Gasteiger partial charge on any atom is 0.416 e. The van der Waals surface area contributed by atoms with E-state index < -0.39 is 29.7 Å². The van der Waals surface area contributed by atoms with Gasteiger partial charge in [-0.05, 0) is 29.5 Å². The Morgan fingerprint density at radius 1 is 1.13 bits per heavy atom. The summed E-state index contributed by atoms with van der Waals surface area (Å²) in [5.41, 5.74) is -0.159. The molecule has 0 bridgehead atoms. The third-order valence-electron chi connectivity index (χ3n) is 3.55. The van der Waals surface area contributed by atoms with Crippen molar-refractivity contribution in [2.75, 3.05) is 0 Å². The Bertz CT molecular complexity index is 553. The van der Waals surface area contributed by atoms with Crippen LogP contribution in [0.5, 0.6) is 0 Å². The topological polar surface area (TPSA) is 66.4 Å². The van der Waals surface area contributed by atoms with Crippen LogP contribution in [0.15, 0.2) is 24.3 Å². The zero-order valence-corrected chi connectivity index (χ0v) is 13.1. The Labute approximate surface area is 132 Å². The number of aliphatic carboxylic acids is 1. The molecule has 2 N–H and O–H groups in total. The predicted molar refractivity (Wildman–Crippen MR) is 78.9 cm³/mol. The Kier molecular flexibility index (Phi) is 6.18. The van der Waals surface area contributed by atoms with Crippen LogP contribution < -0.4 is 5.32 Å². The number of alkyl halides is 3. The van der Waals surface area contributed by atoms with E-state index in [-0.39, 0.29) is 18.3 Å². The van der Waals surface area contributed by atoms with E-state index in [1.807, 2.05) is 0 Å². The van der Waals surface area contributed by atoms with Gasteiger partial charge in [0.2, 0.25) is 5.91 Å². The largest absolute Gasteiger partial charge is 0.480 e. The van der Waals surface area contributed by atoms with Gasteiger partial charge in [0.05, 0.1) is 5.56 Å². The van der Waals surface area contributed by atoms with E-state index in [1.54, 1.807) is 20.8 Å². The minimum absolute atomic E-state index is 0.00185. The van der Waals surface area contributed by atoms with Gasteiger partial charge in [0.1, 0.15) is 6.04 Å². The third kappa shape index (κ3) is 5.58. The van der Waals surface area contributed by atoms with Gasteiger partial charge in [0.15, 0.2) is 0 Å². The molecule has 0 saturated heterocycles. The van der Waals surface area contributed by atoms with E-state index in [9.17, 15) is 22.8 Å². The molecule has 0 aliphatic heterocycles. The maximum atomic E-state index is 12.5. The molecule has 23 heavy (non-hydrogen) atoms. The molecule has 0 heterocycles. The van der Waals surface area contributed by atoms with Gasteiger partial charge in [0, 0.05) is 6.42 Å². The molecule has 7 heteroatoms. The van der Waals surface area contributed by atoms with Crippen molar-refractivity contribution < 1.29 is 27.9 Å². The van der Waals surface area contributed by atoms with Gasteiger partial charge in [-0.3, -0.25) is 4.79 Å². The van der Waals surface area contributed by atoms with Crippen molar-refractivity contribution in [3.05, 3.63) is 35.4 Å². The SMILES string of the molecule is CC(CC(=O)N[C@H](C(=O)O)C(C)C)c1ccc(C(F)(F)F)cc1. The Morgan fingerprint density at radius 3 is 2.04 bits per heavy atom. The molecule has 0 aliphatic rings. The Hall–Kier alpha value is -2.05. The van der Waals surface area contributed by atoms with Crippen molar-refractivity contribution in [2.45, 2.75) is 45.3 Å². The van der Waals surface area contributed by atoms with Crippen LogP contribution in [0.4, 0.5) is 13.2 Å². The summed E-state index contributed by atoms with van der Waals surface area (Å²) in [5.74, 6) is -2.15. The lowest BCUT2D eigenvalue weighted by molar-refractivity contribution is -0.143. The monoisotopic (exact) mass is 331 g/mol. The first kappa shape index (κ1) is 19.0. The summed E-state index contributed by atoms with van der Waals surface area (Å²) in [6.45, 7) is 5.06. The molecular formula is C16H20F3NO3. The van der Waals surface area contributed by atoms with Gasteiger partial charge < -0.3 is 10.4 Å². The van der Waals surface area contributed by atoms with Gasteiger partial charge in [0.25, 0.3) is 0 Å². The van der Waals surface area contributed by atoms with E-state index in [4.69, 9.17) is 5.11 Å². The Balaban J connectivity index is 2.70.